The van der Waals surface area contributed by atoms with Crippen LogP contribution in [0.3, 0.4) is 0 Å². The lowest BCUT2D eigenvalue weighted by molar-refractivity contribution is 0.0689. The van der Waals surface area contributed by atoms with Gasteiger partial charge in [0.2, 0.25) is 0 Å². The Morgan fingerprint density at radius 1 is 1.47 bits per heavy atom. The van der Waals surface area contributed by atoms with Gasteiger partial charge in [-0.2, -0.15) is 0 Å². The average molecular weight is 250 g/mol. The fourth-order valence-electron chi connectivity index (χ4n) is 1.19. The van der Waals surface area contributed by atoms with E-state index < -0.39 is 5.97 Å². The maximum absolute atomic E-state index is 10.6. The molecule has 0 aliphatic rings. The van der Waals surface area contributed by atoms with E-state index in [1.165, 1.54) is 6.07 Å². The van der Waals surface area contributed by atoms with E-state index >= 15 is 0 Å². The predicted octanol–water partition coefficient (Wildman–Crippen LogP) is 1.55. The van der Waals surface area contributed by atoms with Gasteiger partial charge in [0.25, 0.3) is 0 Å². The number of aromatic carboxylic acids is 1. The van der Waals surface area contributed by atoms with Crippen molar-refractivity contribution in [3.05, 3.63) is 33.9 Å². The third-order valence-corrected chi connectivity index (χ3v) is 2.94. The third kappa shape index (κ3) is 2.97. The Balaban J connectivity index is 1.97. The van der Waals surface area contributed by atoms with Crippen molar-refractivity contribution in [2.24, 2.45) is 0 Å². The Bertz CT molecular complexity index is 523. The minimum Gasteiger partial charge on any atom is -0.476 e. The summed E-state index contributed by atoms with van der Waals surface area (Å²) in [5.74, 6) is -0.553. The topological polar surface area (TPSA) is 88.0 Å². The van der Waals surface area contributed by atoms with Crippen LogP contribution in [0.4, 0.5) is 5.82 Å². The van der Waals surface area contributed by atoms with E-state index in [4.69, 9.17) is 5.11 Å². The molecule has 0 aliphatic heterocycles. The molecule has 0 spiro atoms. The number of aromatic nitrogens is 3. The van der Waals surface area contributed by atoms with Crippen LogP contribution in [0.1, 0.15) is 21.2 Å². The maximum atomic E-state index is 10.6. The van der Waals surface area contributed by atoms with E-state index in [0.717, 1.165) is 10.7 Å². The van der Waals surface area contributed by atoms with Crippen molar-refractivity contribution in [1.29, 1.82) is 0 Å². The Kier molecular flexibility index (Phi) is 3.29. The van der Waals surface area contributed by atoms with Gasteiger partial charge in [0, 0.05) is 11.1 Å². The molecule has 0 saturated carbocycles. The van der Waals surface area contributed by atoms with Gasteiger partial charge in [0.05, 0.1) is 6.54 Å². The molecule has 0 unspecified atom stereocenters. The molecule has 17 heavy (non-hydrogen) atoms. The highest BCUT2D eigenvalue weighted by Gasteiger charge is 2.05. The zero-order valence-corrected chi connectivity index (χ0v) is 9.86. The lowest BCUT2D eigenvalue weighted by Gasteiger charge is -2.01. The summed E-state index contributed by atoms with van der Waals surface area (Å²) in [6, 6.07) is 2.99. The molecule has 0 fully saturated rings. The van der Waals surface area contributed by atoms with Crippen LogP contribution < -0.4 is 5.32 Å². The van der Waals surface area contributed by atoms with E-state index in [-0.39, 0.29) is 5.69 Å². The zero-order valence-electron chi connectivity index (χ0n) is 9.04. The molecule has 88 valence electrons. The van der Waals surface area contributed by atoms with Crippen LogP contribution in [0.25, 0.3) is 0 Å². The molecule has 2 heterocycles. The van der Waals surface area contributed by atoms with Crippen LogP contribution in [0.15, 0.2) is 17.5 Å². The van der Waals surface area contributed by atoms with Crippen molar-refractivity contribution < 1.29 is 9.90 Å². The van der Waals surface area contributed by atoms with Crippen LogP contribution in [0, 0.1) is 6.92 Å². The molecule has 7 heteroatoms. The van der Waals surface area contributed by atoms with Gasteiger partial charge in [-0.3, -0.25) is 0 Å². The molecule has 0 bridgehead atoms. The summed E-state index contributed by atoms with van der Waals surface area (Å²) < 4.78 is 0. The third-order valence-electron chi connectivity index (χ3n) is 1.97. The molecule has 2 N–H and O–H groups in total. The number of nitrogens with one attached hydrogen (secondary N) is 1. The van der Waals surface area contributed by atoms with Crippen molar-refractivity contribution in [3.8, 4) is 0 Å². The van der Waals surface area contributed by atoms with E-state index in [1.807, 2.05) is 12.3 Å². The molecule has 0 aliphatic carbocycles. The van der Waals surface area contributed by atoms with Crippen LogP contribution in [-0.2, 0) is 6.54 Å². The first-order chi connectivity index (χ1) is 8.15. The molecular weight excluding hydrogens is 240 g/mol. The van der Waals surface area contributed by atoms with Crippen molar-refractivity contribution in [3.63, 3.8) is 0 Å². The molecule has 2 aromatic heterocycles. The largest absolute Gasteiger partial charge is 0.476 e. The molecule has 6 nitrogen and oxygen atoms in total. The van der Waals surface area contributed by atoms with E-state index in [2.05, 4.69) is 20.5 Å². The Morgan fingerprint density at radius 2 is 2.29 bits per heavy atom. The van der Waals surface area contributed by atoms with Crippen molar-refractivity contribution >= 4 is 23.1 Å². The zero-order chi connectivity index (χ0) is 12.3. The Labute approximate surface area is 101 Å². The van der Waals surface area contributed by atoms with Gasteiger partial charge in [-0.05, 0) is 19.1 Å². The standard InChI is InChI=1S/C10H10N4O2S/c1-6-5-17-9(12-6)4-11-8-3-2-7(10(15)16)13-14-8/h2-3,5H,4H2,1H3,(H,11,14)(H,15,16). The summed E-state index contributed by atoms with van der Waals surface area (Å²) in [6.45, 7) is 2.49. The van der Waals surface area contributed by atoms with Crippen molar-refractivity contribution in [2.45, 2.75) is 13.5 Å². The Morgan fingerprint density at radius 3 is 2.82 bits per heavy atom. The lowest BCUT2D eigenvalue weighted by atomic mass is 10.4. The number of carbonyl (C=O) groups is 1. The minimum atomic E-state index is -1.08. The second-order valence-electron chi connectivity index (χ2n) is 3.35. The number of hydrogen-bond acceptors (Lipinski definition) is 6. The second kappa shape index (κ2) is 4.88. The average Bonchev–Trinajstić information content (AvgIpc) is 2.73. The first kappa shape index (κ1) is 11.5. The summed E-state index contributed by atoms with van der Waals surface area (Å²) in [5.41, 5.74) is 0.916. The highest BCUT2D eigenvalue weighted by Crippen LogP contribution is 2.10. The molecule has 2 aromatic rings. The van der Waals surface area contributed by atoms with E-state index in [9.17, 15) is 4.79 Å². The first-order valence-corrected chi connectivity index (χ1v) is 5.75. The fourth-order valence-corrected chi connectivity index (χ4v) is 1.90. The SMILES string of the molecule is Cc1csc(CNc2ccc(C(=O)O)nn2)n1. The van der Waals surface area contributed by atoms with Crippen LogP contribution >= 0.6 is 11.3 Å². The highest BCUT2D eigenvalue weighted by molar-refractivity contribution is 7.09. The normalized spacial score (nSPS) is 10.2. The molecule has 0 amide bonds. The number of thiazole rings is 1. The van der Waals surface area contributed by atoms with Crippen LogP contribution in [-0.4, -0.2) is 26.3 Å². The molecule has 0 aromatic carbocycles. The monoisotopic (exact) mass is 250 g/mol. The number of rotatable bonds is 4. The molecular formula is C10H10N4O2S. The molecule has 0 atom stereocenters. The number of nitrogens with zero attached hydrogens (tertiary/aromatic N) is 3. The van der Waals surface area contributed by atoms with Gasteiger partial charge in [-0.1, -0.05) is 0 Å². The van der Waals surface area contributed by atoms with E-state index in [1.54, 1.807) is 17.4 Å². The van der Waals surface area contributed by atoms with Gasteiger partial charge in [-0.15, -0.1) is 21.5 Å². The maximum Gasteiger partial charge on any atom is 0.356 e. The number of anilines is 1. The summed E-state index contributed by atoms with van der Waals surface area (Å²) in [4.78, 5) is 14.8. The summed E-state index contributed by atoms with van der Waals surface area (Å²) in [5, 5.41) is 21.9. The quantitative estimate of drug-likeness (QED) is 0.856. The molecule has 0 saturated heterocycles. The van der Waals surface area contributed by atoms with Crippen LogP contribution in [0.2, 0.25) is 0 Å². The number of aryl methyl sites for hydroxylation is 1. The first-order valence-electron chi connectivity index (χ1n) is 4.87. The summed E-state index contributed by atoms with van der Waals surface area (Å²) >= 11 is 1.56. The minimum absolute atomic E-state index is 0.0688. The lowest BCUT2D eigenvalue weighted by Crippen LogP contribution is -2.06. The van der Waals surface area contributed by atoms with Gasteiger partial charge in [-0.25, -0.2) is 9.78 Å². The highest BCUT2D eigenvalue weighted by atomic mass is 32.1. The molecule has 0 radical (unpaired) electrons. The van der Waals surface area contributed by atoms with Gasteiger partial charge in [0.15, 0.2) is 5.69 Å². The van der Waals surface area contributed by atoms with Crippen molar-refractivity contribution in [1.82, 2.24) is 15.2 Å². The van der Waals surface area contributed by atoms with Gasteiger partial charge < -0.3 is 10.4 Å². The van der Waals surface area contributed by atoms with Crippen molar-refractivity contribution in [2.75, 3.05) is 5.32 Å². The molecule has 2 rings (SSSR count). The fraction of sp³-hybridized carbons (Fsp3) is 0.200. The summed E-state index contributed by atoms with van der Waals surface area (Å²) in [7, 11) is 0. The van der Waals surface area contributed by atoms with Gasteiger partial charge in [0.1, 0.15) is 10.8 Å². The smallest absolute Gasteiger partial charge is 0.356 e. The second-order valence-corrected chi connectivity index (χ2v) is 4.29. The number of hydrogen-bond donors (Lipinski definition) is 2. The summed E-state index contributed by atoms with van der Waals surface area (Å²) in [6.07, 6.45) is 0. The van der Waals surface area contributed by atoms with Gasteiger partial charge >= 0.3 is 5.97 Å². The predicted molar refractivity (Wildman–Crippen MR) is 63.2 cm³/mol. The number of carboxylic acid groups (broad SMARTS) is 1. The van der Waals surface area contributed by atoms with Crippen LogP contribution in [0.5, 0.6) is 0 Å². The number of carboxylic acids is 1. The van der Waals surface area contributed by atoms with E-state index in [0.29, 0.717) is 12.4 Å². The Hall–Kier alpha value is -2.02.